The molecule has 1 aromatic rings. The molecule has 2 fully saturated rings. The van der Waals surface area contributed by atoms with Gasteiger partial charge in [0.1, 0.15) is 0 Å². The van der Waals surface area contributed by atoms with Gasteiger partial charge in [-0.2, -0.15) is 0 Å². The number of carbonyl (C=O) groups is 1. The van der Waals surface area contributed by atoms with Crippen LogP contribution in [0.1, 0.15) is 18.4 Å². The molecule has 22 heavy (non-hydrogen) atoms. The Bertz CT molecular complexity index is 539. The van der Waals surface area contributed by atoms with Crippen LogP contribution in [0.25, 0.3) is 0 Å². The van der Waals surface area contributed by atoms with Crippen LogP contribution in [-0.4, -0.2) is 41.8 Å². The number of nitrogens with one attached hydrogen (secondary N) is 1. The van der Waals surface area contributed by atoms with Crippen molar-refractivity contribution in [3.63, 3.8) is 0 Å². The van der Waals surface area contributed by atoms with Gasteiger partial charge in [0.25, 0.3) is 0 Å². The molecule has 122 valence electrons. The van der Waals surface area contributed by atoms with Crippen molar-refractivity contribution in [3.05, 3.63) is 33.8 Å². The summed E-state index contributed by atoms with van der Waals surface area (Å²) in [7, 11) is 0. The number of halogens is 3. The minimum atomic E-state index is -0.810. The monoisotopic (exact) mass is 364 g/mol. The number of likely N-dealkylation sites (tertiary alicyclic amines) is 1. The molecule has 1 atom stereocenters. The first kappa shape index (κ1) is 17.7. The van der Waals surface area contributed by atoms with Crippen molar-refractivity contribution in [3.8, 4) is 0 Å². The van der Waals surface area contributed by atoms with Gasteiger partial charge in [-0.1, -0.05) is 23.2 Å². The van der Waals surface area contributed by atoms with Gasteiger partial charge in [-0.25, -0.2) is 4.79 Å². The summed E-state index contributed by atoms with van der Waals surface area (Å²) < 4.78 is 0. The van der Waals surface area contributed by atoms with Crippen LogP contribution >= 0.6 is 35.6 Å². The van der Waals surface area contributed by atoms with Gasteiger partial charge in [-0.15, -0.1) is 12.4 Å². The van der Waals surface area contributed by atoms with Crippen LogP contribution in [0.3, 0.4) is 0 Å². The summed E-state index contributed by atoms with van der Waals surface area (Å²) in [4.78, 5) is 12.5. The summed E-state index contributed by atoms with van der Waals surface area (Å²) in [6, 6.07) is 6.02. The molecule has 7 heteroatoms. The van der Waals surface area contributed by atoms with Crippen LogP contribution in [0.5, 0.6) is 0 Å². The third-order valence-corrected chi connectivity index (χ3v) is 5.27. The van der Waals surface area contributed by atoms with Crippen molar-refractivity contribution in [2.24, 2.45) is 5.41 Å². The predicted octanol–water partition coefficient (Wildman–Crippen LogP) is 3.69. The SMILES string of the molecule is Cl.O=C(O)N1CCC2(CC1)CNC2Cc1cc(Cl)cc(Cl)c1. The number of carboxylic acid groups (broad SMARTS) is 1. The number of amides is 1. The lowest BCUT2D eigenvalue weighted by molar-refractivity contribution is 0.00834. The molecule has 0 radical (unpaired) electrons. The van der Waals surface area contributed by atoms with Crippen LogP contribution in [0.15, 0.2) is 18.2 Å². The number of piperidine rings is 1. The molecule has 1 spiro atoms. The maximum atomic E-state index is 11.0. The first-order chi connectivity index (χ1) is 9.98. The van der Waals surface area contributed by atoms with E-state index in [0.29, 0.717) is 29.2 Å². The Kier molecular flexibility index (Phi) is 5.49. The average molecular weight is 366 g/mol. The normalized spacial score (nSPS) is 22.8. The fourth-order valence-corrected chi connectivity index (χ4v) is 4.03. The molecule has 0 bridgehead atoms. The smallest absolute Gasteiger partial charge is 0.407 e. The average Bonchev–Trinajstić information content (AvgIpc) is 2.43. The molecule has 4 nitrogen and oxygen atoms in total. The van der Waals surface area contributed by atoms with Gasteiger partial charge in [-0.3, -0.25) is 0 Å². The van der Waals surface area contributed by atoms with Crippen molar-refractivity contribution >= 4 is 41.7 Å². The number of hydrogen-bond donors (Lipinski definition) is 2. The molecular weight excluding hydrogens is 347 g/mol. The lowest BCUT2D eigenvalue weighted by atomic mass is 9.65. The van der Waals surface area contributed by atoms with Crippen molar-refractivity contribution in [2.45, 2.75) is 25.3 Å². The van der Waals surface area contributed by atoms with Crippen molar-refractivity contribution in [1.82, 2.24) is 10.2 Å². The van der Waals surface area contributed by atoms with E-state index in [1.165, 1.54) is 4.90 Å². The third kappa shape index (κ3) is 3.46. The van der Waals surface area contributed by atoms with Gasteiger partial charge in [0, 0.05) is 41.1 Å². The molecule has 1 amide bonds. The summed E-state index contributed by atoms with van der Waals surface area (Å²) in [6.07, 6.45) is 1.92. The second-order valence-electron chi connectivity index (χ2n) is 6.05. The Morgan fingerprint density at radius 2 is 1.86 bits per heavy atom. The summed E-state index contributed by atoms with van der Waals surface area (Å²) in [5.74, 6) is 0. The van der Waals surface area contributed by atoms with E-state index in [1.54, 1.807) is 6.07 Å². The summed E-state index contributed by atoms with van der Waals surface area (Å²) in [6.45, 7) is 2.23. The molecule has 2 aliphatic rings. The highest BCUT2D eigenvalue weighted by atomic mass is 35.5. The maximum Gasteiger partial charge on any atom is 0.407 e. The highest BCUT2D eigenvalue weighted by Gasteiger charge is 2.48. The van der Waals surface area contributed by atoms with E-state index >= 15 is 0 Å². The van der Waals surface area contributed by atoms with E-state index < -0.39 is 6.09 Å². The fourth-order valence-electron chi connectivity index (χ4n) is 3.46. The van der Waals surface area contributed by atoms with E-state index in [4.69, 9.17) is 28.3 Å². The molecule has 0 saturated carbocycles. The second kappa shape index (κ2) is 6.83. The topological polar surface area (TPSA) is 52.6 Å². The second-order valence-corrected chi connectivity index (χ2v) is 6.92. The highest BCUT2D eigenvalue weighted by Crippen LogP contribution is 2.42. The largest absolute Gasteiger partial charge is 0.465 e. The Labute approximate surface area is 146 Å². The Hall–Kier alpha value is -0.680. The highest BCUT2D eigenvalue weighted by molar-refractivity contribution is 6.34. The van der Waals surface area contributed by atoms with Crippen LogP contribution in [0.2, 0.25) is 10.0 Å². The zero-order valence-electron chi connectivity index (χ0n) is 12.0. The van der Waals surface area contributed by atoms with E-state index in [9.17, 15) is 4.79 Å². The van der Waals surface area contributed by atoms with Crippen molar-refractivity contribution in [1.29, 1.82) is 0 Å². The van der Waals surface area contributed by atoms with Gasteiger partial charge < -0.3 is 15.3 Å². The number of benzene rings is 1. The quantitative estimate of drug-likeness (QED) is 0.840. The molecule has 0 aromatic heterocycles. The van der Waals surface area contributed by atoms with E-state index in [1.807, 2.05) is 12.1 Å². The molecule has 3 rings (SSSR count). The Balaban J connectivity index is 0.00000176. The fraction of sp³-hybridized carbons (Fsp3) is 0.533. The van der Waals surface area contributed by atoms with Gasteiger partial charge in [0.05, 0.1) is 0 Å². The Morgan fingerprint density at radius 1 is 1.27 bits per heavy atom. The zero-order chi connectivity index (χ0) is 15.0. The van der Waals surface area contributed by atoms with Gasteiger partial charge in [-0.05, 0) is 43.0 Å². The summed E-state index contributed by atoms with van der Waals surface area (Å²) >= 11 is 12.1. The molecule has 2 saturated heterocycles. The van der Waals surface area contributed by atoms with E-state index in [2.05, 4.69) is 5.32 Å². The molecule has 2 aliphatic heterocycles. The molecule has 1 aromatic carbocycles. The molecule has 2 heterocycles. The first-order valence-corrected chi connectivity index (χ1v) is 7.90. The lowest BCUT2D eigenvalue weighted by Gasteiger charge is -2.54. The first-order valence-electron chi connectivity index (χ1n) is 7.15. The van der Waals surface area contributed by atoms with E-state index in [-0.39, 0.29) is 17.8 Å². The lowest BCUT2D eigenvalue weighted by Crippen LogP contribution is -2.66. The third-order valence-electron chi connectivity index (χ3n) is 4.83. The van der Waals surface area contributed by atoms with Crippen LogP contribution in [0, 0.1) is 5.41 Å². The molecule has 1 unspecified atom stereocenters. The van der Waals surface area contributed by atoms with Crippen molar-refractivity contribution < 1.29 is 9.90 Å². The summed E-state index contributed by atoms with van der Waals surface area (Å²) in [5.41, 5.74) is 1.35. The minimum Gasteiger partial charge on any atom is -0.465 e. The standard InChI is InChI=1S/C15H18Cl2N2O2.ClH/c16-11-5-10(6-12(17)8-11)7-13-15(9-18-13)1-3-19(4-2-15)14(20)21;/h5-6,8,13,18H,1-4,7,9H2,(H,20,21);1H. The molecule has 2 N–H and O–H groups in total. The maximum absolute atomic E-state index is 11.0. The molecule has 0 aliphatic carbocycles. The van der Waals surface area contributed by atoms with Crippen LogP contribution < -0.4 is 5.32 Å². The van der Waals surface area contributed by atoms with Crippen LogP contribution in [0.4, 0.5) is 4.79 Å². The van der Waals surface area contributed by atoms with E-state index in [0.717, 1.165) is 31.4 Å². The van der Waals surface area contributed by atoms with Crippen molar-refractivity contribution in [2.75, 3.05) is 19.6 Å². The zero-order valence-corrected chi connectivity index (χ0v) is 14.3. The number of nitrogens with zero attached hydrogens (tertiary/aromatic N) is 1. The van der Waals surface area contributed by atoms with Gasteiger partial charge >= 0.3 is 6.09 Å². The predicted molar refractivity (Wildman–Crippen MR) is 90.5 cm³/mol. The molecular formula is C15H19Cl3N2O2. The number of rotatable bonds is 2. The summed E-state index contributed by atoms with van der Waals surface area (Å²) in [5, 5.41) is 13.8. The number of hydrogen-bond acceptors (Lipinski definition) is 2. The van der Waals surface area contributed by atoms with Crippen LogP contribution in [-0.2, 0) is 6.42 Å². The van der Waals surface area contributed by atoms with Gasteiger partial charge in [0.15, 0.2) is 0 Å². The Morgan fingerprint density at radius 3 is 2.32 bits per heavy atom. The van der Waals surface area contributed by atoms with Gasteiger partial charge in [0.2, 0.25) is 0 Å². The minimum absolute atomic E-state index is 0.